The number of nitrogens with zero attached hydrogens (tertiary/aromatic N) is 1. The lowest BCUT2D eigenvalue weighted by atomic mass is 10.0. The number of hydrogen-bond donors (Lipinski definition) is 0. The summed E-state index contributed by atoms with van der Waals surface area (Å²) >= 11 is 18.9. The summed E-state index contributed by atoms with van der Waals surface area (Å²) in [5.41, 5.74) is -1.48. The molecule has 0 aromatic carbocycles. The van der Waals surface area contributed by atoms with Crippen LogP contribution in [0, 0.1) is 0 Å². The molecule has 0 aliphatic heterocycles. The number of hydrogen-bond acceptors (Lipinski definition) is 3. The zero-order valence-corrected chi connectivity index (χ0v) is 11.8. The highest BCUT2D eigenvalue weighted by molar-refractivity contribution is 7.12. The zero-order chi connectivity index (χ0) is 12.6. The molecule has 2 unspecified atom stereocenters. The number of aromatic nitrogens is 1. The van der Waals surface area contributed by atoms with Gasteiger partial charge in [-0.1, -0.05) is 41.4 Å². The quantitative estimate of drug-likeness (QED) is 0.785. The van der Waals surface area contributed by atoms with Crippen LogP contribution in [0.25, 0.3) is 0 Å². The summed E-state index contributed by atoms with van der Waals surface area (Å²) in [5, 5.41) is -0.527. The number of alkyl halides is 1. The van der Waals surface area contributed by atoms with Crippen LogP contribution in [0.2, 0.25) is 9.36 Å². The molecule has 1 aliphatic rings. The van der Waals surface area contributed by atoms with Gasteiger partial charge in [0.05, 0.1) is 0 Å². The van der Waals surface area contributed by atoms with Crippen molar-refractivity contribution < 1.29 is 4.74 Å². The average Bonchev–Trinajstić information content (AvgIpc) is 2.59. The largest absolute Gasteiger partial charge is 0.352 e. The van der Waals surface area contributed by atoms with E-state index in [9.17, 15) is 4.79 Å². The number of rotatable bonds is 2. The summed E-state index contributed by atoms with van der Waals surface area (Å²) in [6.45, 7) is 0. The molecule has 7 heteroatoms. The minimum atomic E-state index is -1.07. The first-order valence-corrected chi connectivity index (χ1v) is 6.62. The van der Waals surface area contributed by atoms with Crippen LogP contribution < -0.4 is 5.56 Å². The molecule has 3 nitrogen and oxygen atoms in total. The molecular weight excluding hydrogens is 305 g/mol. The van der Waals surface area contributed by atoms with Gasteiger partial charge in [0, 0.05) is 7.11 Å². The third-order valence-electron chi connectivity index (χ3n) is 2.48. The van der Waals surface area contributed by atoms with Gasteiger partial charge in [0.25, 0.3) is 5.56 Å². The Morgan fingerprint density at radius 2 is 2.18 bits per heavy atom. The molecule has 1 aliphatic carbocycles. The molecule has 0 bridgehead atoms. The molecule has 1 heterocycles. The van der Waals surface area contributed by atoms with Crippen molar-refractivity contribution in [3.05, 3.63) is 44.0 Å². The van der Waals surface area contributed by atoms with Crippen molar-refractivity contribution in [3.8, 4) is 0 Å². The van der Waals surface area contributed by atoms with Crippen molar-refractivity contribution in [3.63, 3.8) is 0 Å². The van der Waals surface area contributed by atoms with Crippen LogP contribution in [0.4, 0.5) is 0 Å². The summed E-state index contributed by atoms with van der Waals surface area (Å²) in [5.74, 6) is 0. The van der Waals surface area contributed by atoms with Crippen LogP contribution in [0.15, 0.2) is 29.1 Å². The molecule has 0 saturated carbocycles. The van der Waals surface area contributed by atoms with Crippen molar-refractivity contribution in [1.29, 1.82) is 0 Å². The standard InChI is InChI=1S/C10H8Cl3NO2S/c1-16-10(5-3-2-4-6(10)11)14-9(15)7(12)8(13)17-14/h2-6H,1H3. The predicted octanol–water partition coefficient (Wildman–Crippen LogP) is 3.25. The molecular formula is C10H8Cl3NO2S. The van der Waals surface area contributed by atoms with Gasteiger partial charge in [0.15, 0.2) is 5.72 Å². The van der Waals surface area contributed by atoms with Crippen molar-refractivity contribution in [2.24, 2.45) is 0 Å². The van der Waals surface area contributed by atoms with Crippen LogP contribution in [0.3, 0.4) is 0 Å². The third kappa shape index (κ3) is 1.98. The average molecular weight is 313 g/mol. The van der Waals surface area contributed by atoms with Crippen LogP contribution in [-0.2, 0) is 10.5 Å². The normalized spacial score (nSPS) is 27.6. The number of methoxy groups -OCH3 is 1. The van der Waals surface area contributed by atoms with E-state index in [1.807, 2.05) is 0 Å². The van der Waals surface area contributed by atoms with Crippen molar-refractivity contribution >= 4 is 46.3 Å². The number of ether oxygens (including phenoxy) is 1. The molecule has 0 N–H and O–H groups in total. The van der Waals surface area contributed by atoms with E-state index in [2.05, 4.69) is 0 Å². The van der Waals surface area contributed by atoms with Crippen molar-refractivity contribution in [2.45, 2.75) is 11.1 Å². The Hall–Kier alpha value is -0.260. The van der Waals surface area contributed by atoms with Gasteiger partial charge in [-0.25, -0.2) is 3.96 Å². The highest BCUT2D eigenvalue weighted by Crippen LogP contribution is 2.35. The summed E-state index contributed by atoms with van der Waals surface area (Å²) in [6, 6.07) is 0. The first kappa shape index (κ1) is 13.2. The molecule has 0 radical (unpaired) electrons. The minimum Gasteiger partial charge on any atom is -0.352 e. The Kier molecular flexibility index (Phi) is 3.71. The SMILES string of the molecule is COC1(n2sc(Cl)c(Cl)c2=O)C=CC=CC1Cl. The van der Waals surface area contributed by atoms with Gasteiger partial charge >= 0.3 is 0 Å². The lowest BCUT2D eigenvalue weighted by Crippen LogP contribution is -2.45. The maximum absolute atomic E-state index is 12.0. The summed E-state index contributed by atoms with van der Waals surface area (Å²) in [4.78, 5) is 12.0. The second-order valence-electron chi connectivity index (χ2n) is 3.38. The highest BCUT2D eigenvalue weighted by Gasteiger charge is 2.40. The molecule has 92 valence electrons. The van der Waals surface area contributed by atoms with E-state index in [-0.39, 0.29) is 9.36 Å². The third-order valence-corrected chi connectivity index (χ3v) is 4.89. The lowest BCUT2D eigenvalue weighted by molar-refractivity contribution is -0.0231. The van der Waals surface area contributed by atoms with E-state index in [0.29, 0.717) is 0 Å². The van der Waals surface area contributed by atoms with Gasteiger partial charge in [-0.15, -0.1) is 11.6 Å². The molecule has 0 fully saturated rings. The smallest absolute Gasteiger partial charge is 0.283 e. The van der Waals surface area contributed by atoms with Gasteiger partial charge in [0.1, 0.15) is 14.7 Å². The molecule has 0 amide bonds. The Balaban J connectivity index is 2.64. The maximum atomic E-state index is 12.0. The second kappa shape index (κ2) is 4.78. The second-order valence-corrected chi connectivity index (χ2v) is 5.79. The molecule has 2 rings (SSSR count). The summed E-state index contributed by atoms with van der Waals surface area (Å²) in [7, 11) is 1.48. The van der Waals surface area contributed by atoms with E-state index in [0.717, 1.165) is 11.5 Å². The van der Waals surface area contributed by atoms with Crippen LogP contribution in [0.5, 0.6) is 0 Å². The Bertz CT molecular complexity index is 548. The highest BCUT2D eigenvalue weighted by atomic mass is 35.5. The fourth-order valence-corrected chi connectivity index (χ4v) is 3.41. The van der Waals surface area contributed by atoms with E-state index < -0.39 is 16.7 Å². The van der Waals surface area contributed by atoms with E-state index >= 15 is 0 Å². The molecule has 0 saturated heterocycles. The van der Waals surface area contributed by atoms with E-state index in [1.54, 1.807) is 24.3 Å². The summed E-state index contributed by atoms with van der Waals surface area (Å²) < 4.78 is 6.98. The van der Waals surface area contributed by atoms with Crippen molar-refractivity contribution in [2.75, 3.05) is 7.11 Å². The lowest BCUT2D eigenvalue weighted by Gasteiger charge is -2.33. The first-order valence-electron chi connectivity index (χ1n) is 4.66. The van der Waals surface area contributed by atoms with Crippen LogP contribution >= 0.6 is 46.3 Å². The van der Waals surface area contributed by atoms with E-state index in [4.69, 9.17) is 39.5 Å². The monoisotopic (exact) mass is 311 g/mol. The Morgan fingerprint density at radius 3 is 2.65 bits per heavy atom. The fourth-order valence-electron chi connectivity index (χ4n) is 1.59. The topological polar surface area (TPSA) is 31.2 Å². The molecule has 1 aromatic rings. The number of allylic oxidation sites excluding steroid dienone is 2. The van der Waals surface area contributed by atoms with Crippen LogP contribution in [0.1, 0.15) is 0 Å². The van der Waals surface area contributed by atoms with Gasteiger partial charge in [-0.3, -0.25) is 4.79 Å². The Labute approximate surface area is 117 Å². The minimum absolute atomic E-state index is 0.0140. The maximum Gasteiger partial charge on any atom is 0.283 e. The zero-order valence-electron chi connectivity index (χ0n) is 8.69. The van der Waals surface area contributed by atoms with Crippen molar-refractivity contribution in [1.82, 2.24) is 3.96 Å². The Morgan fingerprint density at radius 1 is 1.47 bits per heavy atom. The molecule has 17 heavy (non-hydrogen) atoms. The molecule has 2 atom stereocenters. The van der Waals surface area contributed by atoms with Gasteiger partial charge < -0.3 is 4.74 Å². The molecule has 0 spiro atoms. The number of halogens is 3. The predicted molar refractivity (Wildman–Crippen MR) is 71.5 cm³/mol. The fraction of sp³-hybridized carbons (Fsp3) is 0.300. The molecule has 1 aromatic heterocycles. The van der Waals surface area contributed by atoms with Gasteiger partial charge in [0.2, 0.25) is 0 Å². The summed E-state index contributed by atoms with van der Waals surface area (Å²) in [6.07, 6.45) is 6.99. The van der Waals surface area contributed by atoms with Crippen LogP contribution in [-0.4, -0.2) is 16.4 Å². The van der Waals surface area contributed by atoms with Gasteiger partial charge in [-0.2, -0.15) is 0 Å². The van der Waals surface area contributed by atoms with Gasteiger partial charge in [-0.05, 0) is 17.6 Å². The first-order chi connectivity index (χ1) is 8.03. The van der Waals surface area contributed by atoms with E-state index in [1.165, 1.54) is 11.1 Å².